The lowest BCUT2D eigenvalue weighted by Gasteiger charge is -1.99. The molecule has 0 bridgehead atoms. The first-order chi connectivity index (χ1) is 7.59. The Balaban J connectivity index is 2.26. The molecular weight excluding hydrogens is 272 g/mol. The van der Waals surface area contributed by atoms with E-state index in [1.807, 2.05) is 24.3 Å². The molecule has 0 aliphatic heterocycles. The molecule has 0 saturated heterocycles. The predicted molar refractivity (Wildman–Crippen MR) is 66.1 cm³/mol. The molecule has 16 heavy (non-hydrogen) atoms. The lowest BCUT2D eigenvalue weighted by Crippen LogP contribution is -2.32. The van der Waals surface area contributed by atoms with Crippen LogP contribution in [0.4, 0.5) is 0 Å². The summed E-state index contributed by atoms with van der Waals surface area (Å²) < 4.78 is 0.960. The second kappa shape index (κ2) is 4.06. The van der Waals surface area contributed by atoms with Gasteiger partial charge in [-0.15, -0.1) is 0 Å². The van der Waals surface area contributed by atoms with Crippen molar-refractivity contribution < 1.29 is 5.11 Å². The van der Waals surface area contributed by atoms with Crippen LogP contribution in [-0.4, -0.2) is 5.11 Å². The van der Waals surface area contributed by atoms with E-state index in [0.717, 1.165) is 10.0 Å². The second-order valence-corrected chi connectivity index (χ2v) is 4.22. The van der Waals surface area contributed by atoms with Gasteiger partial charge in [-0.05, 0) is 23.8 Å². The minimum Gasteiger partial charge on any atom is -0.504 e. The molecule has 0 spiro atoms. The first kappa shape index (κ1) is 10.8. The highest BCUT2D eigenvalue weighted by Crippen LogP contribution is 2.15. The van der Waals surface area contributed by atoms with Gasteiger partial charge in [-0.3, -0.25) is 9.59 Å². The molecule has 0 aliphatic carbocycles. The number of rotatable bonds is 2. The van der Waals surface area contributed by atoms with Gasteiger partial charge in [-0.2, -0.15) is 0 Å². The molecule has 0 unspecified atom stereocenters. The van der Waals surface area contributed by atoms with Gasteiger partial charge in [0, 0.05) is 4.47 Å². The molecule has 0 heterocycles. The Bertz CT molecular complexity index is 617. The quantitative estimate of drug-likeness (QED) is 0.854. The van der Waals surface area contributed by atoms with E-state index < -0.39 is 16.6 Å². The molecule has 0 aliphatic rings. The number of hydrogen-bond donors (Lipinski definition) is 1. The summed E-state index contributed by atoms with van der Waals surface area (Å²) in [5, 5.41) is 9.12. The van der Waals surface area contributed by atoms with Crippen molar-refractivity contribution in [1.82, 2.24) is 0 Å². The highest BCUT2D eigenvalue weighted by atomic mass is 79.9. The molecule has 0 atom stereocenters. The van der Waals surface area contributed by atoms with Crippen molar-refractivity contribution in [2.75, 3.05) is 0 Å². The molecule has 0 amide bonds. The van der Waals surface area contributed by atoms with Crippen LogP contribution >= 0.6 is 15.9 Å². The summed E-state index contributed by atoms with van der Waals surface area (Å²) in [6.45, 7) is 0. The van der Waals surface area contributed by atoms with Crippen molar-refractivity contribution in [3.8, 4) is 5.75 Å². The van der Waals surface area contributed by atoms with Crippen LogP contribution in [0.2, 0.25) is 0 Å². The number of aromatic hydroxyl groups is 1. The molecule has 4 heteroatoms. The summed E-state index contributed by atoms with van der Waals surface area (Å²) >= 11 is 3.31. The van der Waals surface area contributed by atoms with Gasteiger partial charge in [0.1, 0.15) is 0 Å². The van der Waals surface area contributed by atoms with Gasteiger partial charge >= 0.3 is 0 Å². The number of benzene rings is 1. The largest absolute Gasteiger partial charge is 0.504 e. The Morgan fingerprint density at radius 3 is 2.19 bits per heavy atom. The number of hydrogen-bond acceptors (Lipinski definition) is 3. The van der Waals surface area contributed by atoms with Crippen LogP contribution in [0.3, 0.4) is 0 Å². The average Bonchev–Trinajstić information content (AvgIpc) is 2.31. The Morgan fingerprint density at radius 1 is 1.00 bits per heavy atom. The predicted octanol–water partition coefficient (Wildman–Crippen LogP) is 1.92. The van der Waals surface area contributed by atoms with E-state index >= 15 is 0 Å². The van der Waals surface area contributed by atoms with E-state index in [9.17, 15) is 9.59 Å². The van der Waals surface area contributed by atoms with Crippen LogP contribution in [-0.2, 0) is 0 Å². The summed E-state index contributed by atoms with van der Waals surface area (Å²) in [5.41, 5.74) is -0.482. The molecular formula is C12H7BrO3. The standard InChI is InChI=1S/C12H7BrO3/c13-8-4-1-7(2-5-8)3-6-9-10(14)12(16)11(9)15/h1-6,14H/b6-3+. The van der Waals surface area contributed by atoms with Crippen LogP contribution in [0.1, 0.15) is 11.1 Å². The smallest absolute Gasteiger partial charge is 0.268 e. The SMILES string of the molecule is O=c1c(O)c(/C=C/c2ccc(Br)cc2)c1=O. The van der Waals surface area contributed by atoms with Crippen molar-refractivity contribution in [2.45, 2.75) is 0 Å². The molecule has 2 aromatic rings. The van der Waals surface area contributed by atoms with E-state index in [1.54, 1.807) is 6.08 Å². The third-order valence-electron chi connectivity index (χ3n) is 2.23. The lowest BCUT2D eigenvalue weighted by atomic mass is 10.1. The Kier molecular flexibility index (Phi) is 2.75. The maximum atomic E-state index is 11.0. The van der Waals surface area contributed by atoms with Gasteiger partial charge in [-0.1, -0.05) is 34.1 Å². The summed E-state index contributed by atoms with van der Waals surface area (Å²) in [4.78, 5) is 21.8. The lowest BCUT2D eigenvalue weighted by molar-refractivity contribution is 0.461. The van der Waals surface area contributed by atoms with Crippen LogP contribution in [0, 0.1) is 0 Å². The van der Waals surface area contributed by atoms with Gasteiger partial charge in [0.15, 0.2) is 5.75 Å². The summed E-state index contributed by atoms with van der Waals surface area (Å²) in [7, 11) is 0. The third kappa shape index (κ3) is 1.84. The zero-order valence-electron chi connectivity index (χ0n) is 8.11. The van der Waals surface area contributed by atoms with Crippen molar-refractivity contribution >= 4 is 28.1 Å². The van der Waals surface area contributed by atoms with Crippen molar-refractivity contribution in [2.24, 2.45) is 0 Å². The summed E-state index contributed by atoms with van der Waals surface area (Å²) in [6, 6.07) is 7.43. The maximum absolute atomic E-state index is 11.0. The topological polar surface area (TPSA) is 54.4 Å². The molecule has 2 rings (SSSR count). The van der Waals surface area contributed by atoms with Crippen LogP contribution in [0.15, 0.2) is 38.3 Å². The third-order valence-corrected chi connectivity index (χ3v) is 2.76. The van der Waals surface area contributed by atoms with E-state index in [-0.39, 0.29) is 5.56 Å². The molecule has 0 radical (unpaired) electrons. The van der Waals surface area contributed by atoms with Gasteiger partial charge < -0.3 is 5.11 Å². The maximum Gasteiger partial charge on any atom is 0.268 e. The molecule has 2 aromatic carbocycles. The molecule has 0 saturated carbocycles. The summed E-state index contributed by atoms with van der Waals surface area (Å²) in [6.07, 6.45) is 3.12. The molecule has 80 valence electrons. The van der Waals surface area contributed by atoms with E-state index in [0.29, 0.717) is 0 Å². The highest BCUT2D eigenvalue weighted by Gasteiger charge is 2.16. The van der Waals surface area contributed by atoms with Gasteiger partial charge in [0.25, 0.3) is 5.43 Å². The van der Waals surface area contributed by atoms with Crippen LogP contribution in [0.25, 0.3) is 12.2 Å². The van der Waals surface area contributed by atoms with E-state index in [4.69, 9.17) is 5.11 Å². The fourth-order valence-corrected chi connectivity index (χ4v) is 1.57. The average molecular weight is 279 g/mol. The minimum atomic E-state index is -0.810. The van der Waals surface area contributed by atoms with Crippen LogP contribution < -0.4 is 10.9 Å². The fraction of sp³-hybridized carbons (Fsp3) is 0. The minimum absolute atomic E-state index is 0.0768. The van der Waals surface area contributed by atoms with Crippen molar-refractivity contribution in [1.29, 1.82) is 0 Å². The van der Waals surface area contributed by atoms with Crippen LogP contribution in [0.5, 0.6) is 5.75 Å². The summed E-state index contributed by atoms with van der Waals surface area (Å²) in [5.74, 6) is -0.446. The Morgan fingerprint density at radius 2 is 1.62 bits per heavy atom. The number of halogens is 1. The molecule has 1 N–H and O–H groups in total. The van der Waals surface area contributed by atoms with Gasteiger partial charge in [0.05, 0.1) is 5.56 Å². The molecule has 3 nitrogen and oxygen atoms in total. The van der Waals surface area contributed by atoms with Gasteiger partial charge in [0.2, 0.25) is 5.43 Å². The highest BCUT2D eigenvalue weighted by molar-refractivity contribution is 9.10. The van der Waals surface area contributed by atoms with E-state index in [1.165, 1.54) is 6.08 Å². The van der Waals surface area contributed by atoms with E-state index in [2.05, 4.69) is 15.9 Å². The zero-order chi connectivity index (χ0) is 11.7. The van der Waals surface area contributed by atoms with Gasteiger partial charge in [-0.25, -0.2) is 0 Å². The fourth-order valence-electron chi connectivity index (χ4n) is 1.31. The zero-order valence-corrected chi connectivity index (χ0v) is 9.69. The monoisotopic (exact) mass is 278 g/mol. The normalized spacial score (nSPS) is 11.3. The second-order valence-electron chi connectivity index (χ2n) is 3.31. The molecule has 0 fully saturated rings. The Labute approximate surface area is 99.5 Å². The first-order valence-electron chi connectivity index (χ1n) is 4.55. The Hall–Kier alpha value is -1.68. The molecule has 0 aromatic heterocycles. The van der Waals surface area contributed by atoms with Crippen molar-refractivity contribution in [3.63, 3.8) is 0 Å². The van der Waals surface area contributed by atoms with Crippen molar-refractivity contribution in [3.05, 3.63) is 60.3 Å². The first-order valence-corrected chi connectivity index (χ1v) is 5.35.